The predicted molar refractivity (Wildman–Crippen MR) is 366 cm³/mol. The van der Waals surface area contributed by atoms with Crippen molar-refractivity contribution in [3.63, 3.8) is 0 Å². The molecule has 0 saturated heterocycles. The second kappa shape index (κ2) is 29.9. The molecule has 0 aliphatic heterocycles. The van der Waals surface area contributed by atoms with E-state index >= 15 is 0 Å². The van der Waals surface area contributed by atoms with Gasteiger partial charge in [0.15, 0.2) is 34.4 Å². The molecule has 0 spiro atoms. The van der Waals surface area contributed by atoms with E-state index in [9.17, 15) is 4.39 Å². The van der Waals surface area contributed by atoms with Crippen molar-refractivity contribution in [2.45, 2.75) is 126 Å². The van der Waals surface area contributed by atoms with Crippen LogP contribution < -0.4 is 16.0 Å². The van der Waals surface area contributed by atoms with Gasteiger partial charge in [0.2, 0.25) is 5.69 Å². The van der Waals surface area contributed by atoms with E-state index in [1.807, 2.05) is 49.4 Å². The van der Waals surface area contributed by atoms with Crippen molar-refractivity contribution in [3.8, 4) is 33.8 Å². The number of hydrogen-bond donors (Lipinski definition) is 3. The lowest BCUT2D eigenvalue weighted by Crippen LogP contribution is -2.10. The van der Waals surface area contributed by atoms with Crippen molar-refractivity contribution >= 4 is 40.1 Å². The number of anilines is 3. The average molecular weight is 1210 g/mol. The van der Waals surface area contributed by atoms with Crippen molar-refractivity contribution in [1.29, 1.82) is 0 Å². The van der Waals surface area contributed by atoms with Gasteiger partial charge in [-0.1, -0.05) is 131 Å². The van der Waals surface area contributed by atoms with Crippen molar-refractivity contribution < 1.29 is 4.39 Å². The third-order valence-corrected chi connectivity index (χ3v) is 16.7. The molecule has 0 aliphatic carbocycles. The Labute approximate surface area is 533 Å². The van der Waals surface area contributed by atoms with Gasteiger partial charge < -0.3 is 16.0 Å². The van der Waals surface area contributed by atoms with Gasteiger partial charge in [0.25, 0.3) is 0 Å². The van der Waals surface area contributed by atoms with Crippen LogP contribution in [-0.4, -0.2) is 77.7 Å². The zero-order valence-electron chi connectivity index (χ0n) is 53.9. The van der Waals surface area contributed by atoms with Crippen LogP contribution in [0.15, 0.2) is 165 Å². The molecule has 0 saturated carbocycles. The zero-order valence-corrected chi connectivity index (χ0v) is 53.9. The number of halogens is 1. The first-order valence-corrected chi connectivity index (χ1v) is 31.6. The van der Waals surface area contributed by atoms with Crippen LogP contribution in [0.25, 0.3) is 55.6 Å². The molecule has 0 fully saturated rings. The van der Waals surface area contributed by atoms with Gasteiger partial charge in [0.1, 0.15) is 5.82 Å². The largest absolute Gasteiger partial charge is 0.367 e. The molecule has 0 bridgehead atoms. The maximum absolute atomic E-state index is 13.8. The highest BCUT2D eigenvalue weighted by Crippen LogP contribution is 2.32. The number of hydrogen-bond acceptors (Lipinski definition) is 12. The number of aromatic nitrogens is 12. The van der Waals surface area contributed by atoms with E-state index in [-0.39, 0.29) is 5.82 Å². The maximum atomic E-state index is 13.8. The first-order chi connectivity index (χ1) is 44.2. The number of pyridine rings is 3. The van der Waals surface area contributed by atoms with Gasteiger partial charge in [-0.25, -0.2) is 39.1 Å². The maximum Gasteiger partial charge on any atom is 0.205 e. The number of fused-ring (bicyclic) bond motifs is 3. The molecule has 91 heavy (non-hydrogen) atoms. The van der Waals surface area contributed by atoms with Gasteiger partial charge in [-0.2, -0.15) is 0 Å². The zero-order chi connectivity index (χ0) is 64.0. The van der Waals surface area contributed by atoms with Crippen LogP contribution in [0.2, 0.25) is 0 Å². The smallest absolute Gasteiger partial charge is 0.205 e. The van der Waals surface area contributed by atoms with Crippen molar-refractivity contribution in [1.82, 2.24) is 58.1 Å². The second-order valence-electron chi connectivity index (χ2n) is 23.7. The number of aryl methyl sites for hydroxylation is 4. The molecule has 12 aromatic rings. The van der Waals surface area contributed by atoms with E-state index in [2.05, 4.69) is 213 Å². The molecule has 12 rings (SSSR count). The van der Waals surface area contributed by atoms with Gasteiger partial charge >= 0.3 is 0 Å². The van der Waals surface area contributed by atoms with Gasteiger partial charge in [-0.05, 0) is 124 Å². The summed E-state index contributed by atoms with van der Waals surface area (Å²) >= 11 is 0. The minimum Gasteiger partial charge on any atom is -0.367 e. The monoisotopic (exact) mass is 1210 g/mol. The molecular formula is C74H81FN16. The normalized spacial score (nSPS) is 12.2. The quantitative estimate of drug-likeness (QED) is 0.0583. The number of nitrogens with zero attached hydrogens (tertiary/aromatic N) is 13. The van der Waals surface area contributed by atoms with E-state index in [0.717, 1.165) is 126 Å². The molecule has 464 valence electrons. The van der Waals surface area contributed by atoms with Gasteiger partial charge in [0.05, 0.1) is 29.9 Å². The van der Waals surface area contributed by atoms with Gasteiger partial charge in [-0.3, -0.25) is 28.2 Å². The summed E-state index contributed by atoms with van der Waals surface area (Å²) in [5.41, 5.74) is 20.0. The van der Waals surface area contributed by atoms with E-state index in [1.54, 1.807) is 18.6 Å². The third kappa shape index (κ3) is 15.8. The minimum absolute atomic E-state index is 0.348. The van der Waals surface area contributed by atoms with Gasteiger partial charge in [-0.15, -0.1) is 0 Å². The van der Waals surface area contributed by atoms with Crippen LogP contribution in [0.4, 0.5) is 27.5 Å². The number of imidazole rings is 3. The Bertz CT molecular complexity index is 4240. The molecule has 3 unspecified atom stereocenters. The summed E-state index contributed by atoms with van der Waals surface area (Å²) in [6.07, 6.45) is 27.5. The molecule has 3 aromatic carbocycles. The molecule has 0 amide bonds. The lowest BCUT2D eigenvalue weighted by molar-refractivity contribution is 0.622. The standard InChI is InChI=1S/C25H26N6.C25H29N5.C24H26FN5/c1-5-18(3)23-15-29-25-24(28-11-10-19-8-6-17(2)7-9-19)30-22(16-31(23)25)20-12-21(26-4)14-27-13-20;1-5-19(4)23-15-28-25-24(27-11-10-20-8-6-17(2)7-9-20)29-22(16-30(23)25)21-12-18(3)13-26-14-21;1-4-17(3)22-14-28-24-23(27-10-9-18-7-5-16(2)6-8-18)29-21(15-30(22)24)19-11-20(25)13-26-12-19/h6-9,12-16,18H,5,10-11H2,1-3H3,(H,28,30);6-9,12-16,19H,5,10-11H2,1-4H3,(H,27,29);5-8,11-15,17H,4,9-10H2,1-3H3,(H,27,29). The molecule has 16 nitrogen and oxygen atoms in total. The summed E-state index contributed by atoms with van der Waals surface area (Å²) in [6.45, 7) is 31.1. The first kappa shape index (κ1) is 63.8. The second-order valence-corrected chi connectivity index (χ2v) is 23.7. The fraction of sp³-hybridized carbons (Fsp3) is 0.297. The van der Waals surface area contributed by atoms with Crippen LogP contribution in [0.5, 0.6) is 0 Å². The highest BCUT2D eigenvalue weighted by atomic mass is 19.1. The summed E-state index contributed by atoms with van der Waals surface area (Å²) in [6, 6.07) is 31.2. The summed E-state index contributed by atoms with van der Waals surface area (Å²) in [7, 11) is 0. The summed E-state index contributed by atoms with van der Waals surface area (Å²) in [5, 5.41) is 10.5. The molecule has 17 heteroatoms. The third-order valence-electron chi connectivity index (χ3n) is 16.7. The molecule has 0 radical (unpaired) electrons. The molecule has 3 N–H and O–H groups in total. The summed E-state index contributed by atoms with van der Waals surface area (Å²) < 4.78 is 20.1. The Morgan fingerprint density at radius 1 is 0.429 bits per heavy atom. The summed E-state index contributed by atoms with van der Waals surface area (Å²) in [5.74, 6) is 3.02. The molecule has 3 atom stereocenters. The molecule has 9 heterocycles. The van der Waals surface area contributed by atoms with Crippen LogP contribution >= 0.6 is 0 Å². The van der Waals surface area contributed by atoms with Gasteiger partial charge in [0, 0.05) is 122 Å². The van der Waals surface area contributed by atoms with Crippen molar-refractivity contribution in [3.05, 3.63) is 239 Å². The highest BCUT2D eigenvalue weighted by Gasteiger charge is 2.20. The predicted octanol–water partition coefficient (Wildman–Crippen LogP) is 16.8. The van der Waals surface area contributed by atoms with E-state index in [4.69, 9.17) is 26.5 Å². The molecule has 9 aromatic heterocycles. The Morgan fingerprint density at radius 2 is 0.769 bits per heavy atom. The number of benzene rings is 3. The first-order valence-electron chi connectivity index (χ1n) is 31.6. The van der Waals surface area contributed by atoms with Crippen LogP contribution in [0, 0.1) is 40.1 Å². The Kier molecular flexibility index (Phi) is 20.9. The summed E-state index contributed by atoms with van der Waals surface area (Å²) in [4.78, 5) is 44.6. The fourth-order valence-corrected chi connectivity index (χ4v) is 10.6. The average Bonchev–Trinajstić information content (AvgIpc) is 1.77. The Balaban J connectivity index is 0.000000150. The minimum atomic E-state index is -0.379. The van der Waals surface area contributed by atoms with Crippen LogP contribution in [0.3, 0.4) is 0 Å². The molecular weight excluding hydrogens is 1130 g/mol. The Morgan fingerprint density at radius 3 is 1.11 bits per heavy atom. The molecule has 0 aliphatic rings. The highest BCUT2D eigenvalue weighted by molar-refractivity contribution is 5.73. The number of nitrogens with one attached hydrogen (secondary N) is 3. The van der Waals surface area contributed by atoms with Crippen LogP contribution in [-0.2, 0) is 19.3 Å². The Hall–Kier alpha value is -10.2. The number of rotatable bonds is 21. The van der Waals surface area contributed by atoms with Crippen molar-refractivity contribution in [2.75, 3.05) is 35.6 Å². The lowest BCUT2D eigenvalue weighted by Gasteiger charge is -2.13. The SMILES string of the molecule is CCC(C)c1cnc2c(NCCc3ccc(C)cc3)nc(-c3cncc(C)c3)cn12.CCC(C)c1cnc2c(NCCc3ccc(C)cc3)nc(-c3cncc(F)c3)cn12.[C-]#[N+]c1cncc(-c2cn3c(C(C)CC)cnc3c(NCCc3ccc(C)cc3)n2)c1. The topological polar surface area (TPSA) is 170 Å². The van der Waals surface area contributed by atoms with E-state index < -0.39 is 0 Å². The van der Waals surface area contributed by atoms with E-state index in [0.29, 0.717) is 40.5 Å². The van der Waals surface area contributed by atoms with E-state index in [1.165, 1.54) is 51.3 Å². The lowest BCUT2D eigenvalue weighted by atomic mass is 10.1. The fourth-order valence-electron chi connectivity index (χ4n) is 10.6. The van der Waals surface area contributed by atoms with Crippen LogP contribution in [0.1, 0.15) is 135 Å². The van der Waals surface area contributed by atoms with Crippen molar-refractivity contribution in [2.24, 2.45) is 0 Å².